The standard InChI is InChI=1S/C13H14N2O3S/c14-11-4-6-12(7-5-11)19(17,18)10-9-15-8-2-1-3-13(15)16/h1-8H,9-10,14H2. The van der Waals surface area contributed by atoms with Crippen LogP contribution in [0.15, 0.2) is 58.4 Å². The van der Waals surface area contributed by atoms with Gasteiger partial charge in [0.2, 0.25) is 0 Å². The van der Waals surface area contributed by atoms with Crippen LogP contribution in [0.2, 0.25) is 0 Å². The summed E-state index contributed by atoms with van der Waals surface area (Å²) in [5, 5.41) is 0. The summed E-state index contributed by atoms with van der Waals surface area (Å²) in [5.74, 6) is -0.124. The summed E-state index contributed by atoms with van der Waals surface area (Å²) in [7, 11) is -3.41. The minimum absolute atomic E-state index is 0.124. The molecule has 0 unspecified atom stereocenters. The lowest BCUT2D eigenvalue weighted by Gasteiger charge is -2.07. The van der Waals surface area contributed by atoms with Crippen molar-refractivity contribution in [2.24, 2.45) is 0 Å². The van der Waals surface area contributed by atoms with Gasteiger partial charge < -0.3 is 10.3 Å². The van der Waals surface area contributed by atoms with Gasteiger partial charge in [-0.3, -0.25) is 4.79 Å². The van der Waals surface area contributed by atoms with Gasteiger partial charge in [0.25, 0.3) is 5.56 Å². The van der Waals surface area contributed by atoms with Gasteiger partial charge in [0, 0.05) is 24.5 Å². The maximum absolute atomic E-state index is 12.1. The molecule has 2 aromatic rings. The molecule has 2 rings (SSSR count). The number of sulfone groups is 1. The van der Waals surface area contributed by atoms with Crippen LogP contribution in [0.3, 0.4) is 0 Å². The van der Waals surface area contributed by atoms with E-state index in [9.17, 15) is 13.2 Å². The van der Waals surface area contributed by atoms with E-state index in [-0.39, 0.29) is 22.8 Å². The molecule has 100 valence electrons. The van der Waals surface area contributed by atoms with E-state index < -0.39 is 9.84 Å². The molecule has 0 saturated heterocycles. The van der Waals surface area contributed by atoms with E-state index in [1.54, 1.807) is 30.5 Å². The molecule has 2 N–H and O–H groups in total. The molecule has 1 aromatic heterocycles. The number of pyridine rings is 1. The van der Waals surface area contributed by atoms with Crippen LogP contribution in [0, 0.1) is 0 Å². The second-order valence-electron chi connectivity index (χ2n) is 4.12. The highest BCUT2D eigenvalue weighted by Crippen LogP contribution is 2.13. The normalized spacial score (nSPS) is 11.4. The minimum atomic E-state index is -3.41. The van der Waals surface area contributed by atoms with Crippen molar-refractivity contribution in [2.45, 2.75) is 11.4 Å². The monoisotopic (exact) mass is 278 g/mol. The van der Waals surface area contributed by atoms with Crippen molar-refractivity contribution in [3.63, 3.8) is 0 Å². The number of nitrogens with zero attached hydrogens (tertiary/aromatic N) is 1. The van der Waals surface area contributed by atoms with Crippen LogP contribution < -0.4 is 11.3 Å². The quantitative estimate of drug-likeness (QED) is 0.843. The predicted octanol–water partition coefficient (Wildman–Crippen LogP) is 0.904. The molecule has 1 heterocycles. The molecule has 19 heavy (non-hydrogen) atoms. The van der Waals surface area contributed by atoms with Crippen LogP contribution in [0.1, 0.15) is 0 Å². The molecule has 0 aliphatic rings. The summed E-state index contributed by atoms with van der Waals surface area (Å²) >= 11 is 0. The van der Waals surface area contributed by atoms with E-state index in [1.165, 1.54) is 22.8 Å². The highest BCUT2D eigenvalue weighted by atomic mass is 32.2. The minimum Gasteiger partial charge on any atom is -0.399 e. The second-order valence-corrected chi connectivity index (χ2v) is 6.23. The Kier molecular flexibility index (Phi) is 3.71. The van der Waals surface area contributed by atoms with Gasteiger partial charge in [0.05, 0.1) is 10.6 Å². The Bertz CT molecular complexity index is 718. The Balaban J connectivity index is 2.17. The first-order valence-electron chi connectivity index (χ1n) is 5.73. The van der Waals surface area contributed by atoms with Crippen molar-refractivity contribution >= 4 is 15.5 Å². The van der Waals surface area contributed by atoms with Crippen LogP contribution >= 0.6 is 0 Å². The first kappa shape index (κ1) is 13.4. The molecular weight excluding hydrogens is 264 g/mol. The fraction of sp³-hybridized carbons (Fsp3) is 0.154. The molecule has 0 fully saturated rings. The Morgan fingerprint density at radius 3 is 2.37 bits per heavy atom. The van der Waals surface area contributed by atoms with Crippen molar-refractivity contribution in [2.75, 3.05) is 11.5 Å². The number of hydrogen-bond acceptors (Lipinski definition) is 4. The van der Waals surface area contributed by atoms with Crippen molar-refractivity contribution in [3.05, 3.63) is 59.0 Å². The molecule has 0 saturated carbocycles. The number of benzene rings is 1. The van der Waals surface area contributed by atoms with E-state index in [1.807, 2.05) is 0 Å². The van der Waals surface area contributed by atoms with Gasteiger partial charge in [-0.1, -0.05) is 6.07 Å². The summed E-state index contributed by atoms with van der Waals surface area (Å²) in [4.78, 5) is 11.7. The van der Waals surface area contributed by atoms with Crippen molar-refractivity contribution in [1.29, 1.82) is 0 Å². The van der Waals surface area contributed by atoms with Gasteiger partial charge in [0.15, 0.2) is 9.84 Å². The van der Waals surface area contributed by atoms with Crippen LogP contribution in [0.25, 0.3) is 0 Å². The van der Waals surface area contributed by atoms with Crippen molar-refractivity contribution in [3.8, 4) is 0 Å². The van der Waals surface area contributed by atoms with Crippen LogP contribution in [0.5, 0.6) is 0 Å². The third-order valence-electron chi connectivity index (χ3n) is 2.74. The number of hydrogen-bond donors (Lipinski definition) is 1. The van der Waals surface area contributed by atoms with Crippen molar-refractivity contribution < 1.29 is 8.42 Å². The van der Waals surface area contributed by atoms with Crippen LogP contribution in [0.4, 0.5) is 5.69 Å². The molecule has 0 spiro atoms. The zero-order chi connectivity index (χ0) is 13.9. The molecule has 0 amide bonds. The number of aromatic nitrogens is 1. The Labute approximate surface area is 111 Å². The average Bonchev–Trinajstić information content (AvgIpc) is 2.38. The molecule has 0 radical (unpaired) electrons. The van der Waals surface area contributed by atoms with Gasteiger partial charge in [-0.2, -0.15) is 0 Å². The predicted molar refractivity (Wildman–Crippen MR) is 73.6 cm³/mol. The topological polar surface area (TPSA) is 82.2 Å². The smallest absolute Gasteiger partial charge is 0.250 e. The molecule has 1 aromatic carbocycles. The molecule has 0 bridgehead atoms. The van der Waals surface area contributed by atoms with E-state index in [0.717, 1.165) is 0 Å². The average molecular weight is 278 g/mol. The van der Waals surface area contributed by atoms with Gasteiger partial charge in [-0.05, 0) is 30.3 Å². The van der Waals surface area contributed by atoms with Gasteiger partial charge >= 0.3 is 0 Å². The number of rotatable bonds is 4. The molecular formula is C13H14N2O3S. The SMILES string of the molecule is Nc1ccc(S(=O)(=O)CCn2ccccc2=O)cc1. The molecule has 0 atom stereocenters. The van der Waals surface area contributed by atoms with Gasteiger partial charge in [-0.15, -0.1) is 0 Å². The Hall–Kier alpha value is -2.08. The zero-order valence-electron chi connectivity index (χ0n) is 10.2. The van der Waals surface area contributed by atoms with Gasteiger partial charge in [-0.25, -0.2) is 8.42 Å². The van der Waals surface area contributed by atoms with E-state index in [2.05, 4.69) is 0 Å². The van der Waals surface area contributed by atoms with E-state index >= 15 is 0 Å². The lowest BCUT2D eigenvalue weighted by Crippen LogP contribution is -2.22. The summed E-state index contributed by atoms with van der Waals surface area (Å²) < 4.78 is 25.5. The summed E-state index contributed by atoms with van der Waals surface area (Å²) in [5.41, 5.74) is 5.81. The zero-order valence-corrected chi connectivity index (χ0v) is 11.0. The maximum atomic E-state index is 12.1. The number of nitrogens with two attached hydrogens (primary N) is 1. The lowest BCUT2D eigenvalue weighted by atomic mass is 10.3. The van der Waals surface area contributed by atoms with E-state index in [4.69, 9.17) is 5.73 Å². The fourth-order valence-electron chi connectivity index (χ4n) is 1.66. The highest BCUT2D eigenvalue weighted by Gasteiger charge is 2.14. The third-order valence-corrected chi connectivity index (χ3v) is 4.45. The fourth-order valence-corrected chi connectivity index (χ4v) is 2.88. The summed E-state index contributed by atoms with van der Waals surface area (Å²) in [6.45, 7) is 0.131. The lowest BCUT2D eigenvalue weighted by molar-refractivity contribution is 0.587. The van der Waals surface area contributed by atoms with Crippen LogP contribution in [-0.2, 0) is 16.4 Å². The molecule has 6 heteroatoms. The summed E-state index contributed by atoms with van der Waals surface area (Å²) in [6, 6.07) is 10.7. The Morgan fingerprint density at radius 1 is 1.05 bits per heavy atom. The molecule has 0 aliphatic heterocycles. The van der Waals surface area contributed by atoms with Crippen LogP contribution in [-0.4, -0.2) is 18.7 Å². The van der Waals surface area contributed by atoms with Crippen molar-refractivity contribution in [1.82, 2.24) is 4.57 Å². The third kappa shape index (κ3) is 3.23. The largest absolute Gasteiger partial charge is 0.399 e. The number of aryl methyl sites for hydroxylation is 1. The maximum Gasteiger partial charge on any atom is 0.250 e. The first-order valence-corrected chi connectivity index (χ1v) is 7.38. The second kappa shape index (κ2) is 5.27. The first-order chi connectivity index (χ1) is 8.99. The molecule has 5 nitrogen and oxygen atoms in total. The summed E-state index contributed by atoms with van der Waals surface area (Å²) in [6.07, 6.45) is 1.57. The van der Waals surface area contributed by atoms with E-state index in [0.29, 0.717) is 5.69 Å². The number of nitrogen functional groups attached to an aromatic ring is 1. The number of anilines is 1. The highest BCUT2D eigenvalue weighted by molar-refractivity contribution is 7.91. The molecule has 0 aliphatic carbocycles. The van der Waals surface area contributed by atoms with Gasteiger partial charge in [0.1, 0.15) is 0 Å². The Morgan fingerprint density at radius 2 is 1.74 bits per heavy atom.